The number of hydrogen-bond acceptors (Lipinski definition) is 8. The van der Waals surface area contributed by atoms with Crippen molar-refractivity contribution in [2.24, 2.45) is 5.41 Å². The van der Waals surface area contributed by atoms with Gasteiger partial charge in [0, 0.05) is 23.6 Å². The first-order chi connectivity index (χ1) is 13.0. The molecule has 0 heterocycles. The molecular formula is C20H42BNO7. The molecule has 0 rings (SSSR count). The summed E-state index contributed by atoms with van der Waals surface area (Å²) in [4.78, 5) is 0. The molecule has 0 aromatic carbocycles. The van der Waals surface area contributed by atoms with Gasteiger partial charge in [-0.1, -0.05) is 27.7 Å². The van der Waals surface area contributed by atoms with Crippen molar-refractivity contribution in [2.75, 3.05) is 19.8 Å². The third-order valence-electron chi connectivity index (χ3n) is 4.93. The lowest BCUT2D eigenvalue weighted by molar-refractivity contribution is -0.243. The second kappa shape index (κ2) is 12.0. The summed E-state index contributed by atoms with van der Waals surface area (Å²) in [6, 6.07) is 0.359. The first-order valence-electron chi connectivity index (χ1n) is 10.2. The van der Waals surface area contributed by atoms with E-state index in [2.05, 4.69) is 5.32 Å². The lowest BCUT2D eigenvalue weighted by Crippen LogP contribution is -2.54. The molecule has 29 heavy (non-hydrogen) atoms. The SMILES string of the molecule is [B]C(C)(CCNC(C)C)OCCC(C)(C)OC(C(O)O)C(O)C(O)C(C)(C)CO. The standard InChI is InChI=1S/C20H42BNO7/c1-13(2)22-10-8-20(7,21)28-11-9-19(5,6)29-15(17(26)27)14(24)16(25)18(3,4)12-23/h13-17,22-27H,8-12H2,1-7H3. The van der Waals surface area contributed by atoms with Gasteiger partial charge in [0.1, 0.15) is 20.1 Å². The van der Waals surface area contributed by atoms with Crippen molar-refractivity contribution < 1.29 is 35.0 Å². The Balaban J connectivity index is 4.81. The first-order valence-corrected chi connectivity index (χ1v) is 10.2. The quantitative estimate of drug-likeness (QED) is 0.160. The zero-order chi connectivity index (χ0) is 23.0. The molecule has 6 N–H and O–H groups in total. The molecule has 0 saturated heterocycles. The normalized spacial score (nSPS) is 18.7. The van der Waals surface area contributed by atoms with E-state index < -0.39 is 47.7 Å². The predicted octanol–water partition coefficient (Wildman–Crippen LogP) is -0.119. The Bertz CT molecular complexity index is 458. The van der Waals surface area contributed by atoms with Gasteiger partial charge in [-0.2, -0.15) is 0 Å². The summed E-state index contributed by atoms with van der Waals surface area (Å²) in [7, 11) is 6.15. The zero-order valence-electron chi connectivity index (χ0n) is 19.1. The van der Waals surface area contributed by atoms with E-state index in [1.165, 1.54) is 0 Å². The minimum absolute atomic E-state index is 0.261. The molecule has 9 heteroatoms. The van der Waals surface area contributed by atoms with Gasteiger partial charge in [0.05, 0.1) is 18.3 Å². The number of hydrogen-bond donors (Lipinski definition) is 6. The summed E-state index contributed by atoms with van der Waals surface area (Å²) in [6.45, 7) is 13.0. The van der Waals surface area contributed by atoms with E-state index >= 15 is 0 Å². The van der Waals surface area contributed by atoms with Crippen LogP contribution in [0, 0.1) is 5.41 Å². The van der Waals surface area contributed by atoms with Crippen LogP contribution in [-0.2, 0) is 9.47 Å². The van der Waals surface area contributed by atoms with Crippen LogP contribution in [0.5, 0.6) is 0 Å². The second-order valence-corrected chi connectivity index (χ2v) is 9.61. The Morgan fingerprint density at radius 3 is 1.97 bits per heavy atom. The van der Waals surface area contributed by atoms with Gasteiger partial charge in [-0.15, -0.1) is 0 Å². The monoisotopic (exact) mass is 419 g/mol. The van der Waals surface area contributed by atoms with E-state index in [1.807, 2.05) is 13.8 Å². The lowest BCUT2D eigenvalue weighted by Gasteiger charge is -2.39. The fourth-order valence-corrected chi connectivity index (χ4v) is 2.68. The Morgan fingerprint density at radius 1 is 0.966 bits per heavy atom. The Labute approximate surface area is 177 Å². The van der Waals surface area contributed by atoms with Crippen LogP contribution in [0.15, 0.2) is 0 Å². The van der Waals surface area contributed by atoms with Crippen molar-refractivity contribution in [1.82, 2.24) is 5.32 Å². The van der Waals surface area contributed by atoms with Crippen LogP contribution in [0.1, 0.15) is 61.3 Å². The minimum atomic E-state index is -2.02. The molecule has 0 aliphatic heterocycles. The molecule has 0 spiro atoms. The highest BCUT2D eigenvalue weighted by Crippen LogP contribution is 2.28. The summed E-state index contributed by atoms with van der Waals surface area (Å²) < 4.78 is 11.5. The molecule has 0 aliphatic rings. The molecule has 172 valence electrons. The fourth-order valence-electron chi connectivity index (χ4n) is 2.68. The van der Waals surface area contributed by atoms with Gasteiger partial charge in [0.2, 0.25) is 0 Å². The van der Waals surface area contributed by atoms with Crippen molar-refractivity contribution in [2.45, 2.75) is 103 Å². The molecule has 8 nitrogen and oxygen atoms in total. The third kappa shape index (κ3) is 11.1. The largest absolute Gasteiger partial charge is 0.396 e. The Hall–Kier alpha value is -0.255. The van der Waals surface area contributed by atoms with Crippen LogP contribution < -0.4 is 5.32 Å². The van der Waals surface area contributed by atoms with Crippen LogP contribution in [0.2, 0.25) is 0 Å². The highest BCUT2D eigenvalue weighted by molar-refractivity contribution is 6.14. The van der Waals surface area contributed by atoms with Crippen LogP contribution >= 0.6 is 0 Å². The molecule has 0 amide bonds. The molecule has 4 atom stereocenters. The summed E-state index contributed by atoms with van der Waals surface area (Å²) in [5.41, 5.74) is -2.77. The second-order valence-electron chi connectivity index (χ2n) is 9.61. The van der Waals surface area contributed by atoms with E-state index in [4.69, 9.17) is 17.3 Å². The number of ether oxygens (including phenoxy) is 2. The van der Waals surface area contributed by atoms with Gasteiger partial charge in [0.15, 0.2) is 6.29 Å². The van der Waals surface area contributed by atoms with Gasteiger partial charge >= 0.3 is 0 Å². The average Bonchev–Trinajstić information content (AvgIpc) is 2.57. The van der Waals surface area contributed by atoms with E-state index in [1.54, 1.807) is 34.6 Å². The smallest absolute Gasteiger partial charge is 0.181 e. The van der Waals surface area contributed by atoms with Gasteiger partial charge in [-0.05, 0) is 40.2 Å². The third-order valence-corrected chi connectivity index (χ3v) is 4.93. The highest BCUT2D eigenvalue weighted by atomic mass is 16.6. The van der Waals surface area contributed by atoms with Crippen LogP contribution in [0.25, 0.3) is 0 Å². The highest BCUT2D eigenvalue weighted by Gasteiger charge is 2.42. The summed E-state index contributed by atoms with van der Waals surface area (Å²) >= 11 is 0. The van der Waals surface area contributed by atoms with Gasteiger partial charge < -0.3 is 40.3 Å². The van der Waals surface area contributed by atoms with Crippen molar-refractivity contribution in [3.63, 3.8) is 0 Å². The molecule has 0 aromatic heterocycles. The molecule has 2 radical (unpaired) electrons. The maximum atomic E-state index is 10.4. The van der Waals surface area contributed by atoms with Crippen molar-refractivity contribution in [3.05, 3.63) is 0 Å². The van der Waals surface area contributed by atoms with Crippen molar-refractivity contribution >= 4 is 7.85 Å². The van der Waals surface area contributed by atoms with E-state index in [9.17, 15) is 25.5 Å². The first kappa shape index (κ1) is 28.7. The Kier molecular flexibility index (Phi) is 11.8. The molecule has 0 aromatic rings. The van der Waals surface area contributed by atoms with Crippen LogP contribution in [-0.4, -0.2) is 94.9 Å². The van der Waals surface area contributed by atoms with Gasteiger partial charge in [0.25, 0.3) is 0 Å². The van der Waals surface area contributed by atoms with Crippen LogP contribution in [0.4, 0.5) is 0 Å². The lowest BCUT2D eigenvalue weighted by atomic mass is 9.80. The number of aliphatic hydroxyl groups is 5. The van der Waals surface area contributed by atoms with Gasteiger partial charge in [-0.3, -0.25) is 0 Å². The summed E-state index contributed by atoms with van der Waals surface area (Å²) in [6.07, 6.45) is -5.54. The van der Waals surface area contributed by atoms with Gasteiger partial charge in [-0.25, -0.2) is 0 Å². The van der Waals surface area contributed by atoms with Crippen LogP contribution in [0.3, 0.4) is 0 Å². The molecular weight excluding hydrogens is 377 g/mol. The van der Waals surface area contributed by atoms with Crippen molar-refractivity contribution in [1.29, 1.82) is 0 Å². The predicted molar refractivity (Wildman–Crippen MR) is 113 cm³/mol. The zero-order valence-corrected chi connectivity index (χ0v) is 19.1. The van der Waals surface area contributed by atoms with Crippen molar-refractivity contribution in [3.8, 4) is 0 Å². The van der Waals surface area contributed by atoms with E-state index in [-0.39, 0.29) is 6.61 Å². The summed E-state index contributed by atoms with van der Waals surface area (Å²) in [5.74, 6) is 0. The molecule has 0 fully saturated rings. The number of nitrogens with one attached hydrogen (secondary N) is 1. The topological polar surface area (TPSA) is 132 Å². The maximum absolute atomic E-state index is 10.4. The molecule has 0 saturated carbocycles. The van der Waals surface area contributed by atoms with E-state index in [0.29, 0.717) is 25.4 Å². The average molecular weight is 419 g/mol. The molecule has 4 unspecified atom stereocenters. The fraction of sp³-hybridized carbons (Fsp3) is 1.00. The molecule has 0 aliphatic carbocycles. The maximum Gasteiger partial charge on any atom is 0.181 e. The van der Waals surface area contributed by atoms with E-state index in [0.717, 1.165) is 0 Å². The minimum Gasteiger partial charge on any atom is -0.396 e. The Morgan fingerprint density at radius 2 is 1.52 bits per heavy atom. The number of rotatable bonds is 15. The summed E-state index contributed by atoms with van der Waals surface area (Å²) in [5, 5.41) is 52.7. The molecule has 0 bridgehead atoms. The number of aliphatic hydroxyl groups excluding tert-OH is 4.